The Hall–Kier alpha value is -3.88. The average molecular weight is 419 g/mol. The van der Waals surface area contributed by atoms with Gasteiger partial charge < -0.3 is 14.8 Å². The number of halogens is 1. The molecule has 9 heteroatoms. The molecule has 0 radical (unpaired) electrons. The second-order valence-electron chi connectivity index (χ2n) is 7.60. The Labute approximate surface area is 176 Å². The molecule has 1 fully saturated rings. The van der Waals surface area contributed by atoms with Gasteiger partial charge in [0.25, 0.3) is 0 Å². The van der Waals surface area contributed by atoms with Crippen LogP contribution in [-0.2, 0) is 4.79 Å². The van der Waals surface area contributed by atoms with Gasteiger partial charge in [0.15, 0.2) is 5.65 Å². The number of H-pyrrole nitrogens is 1. The van der Waals surface area contributed by atoms with Crippen molar-refractivity contribution < 1.29 is 19.0 Å². The molecule has 4 aromatic rings. The Bertz CT molecular complexity index is 1280. The van der Waals surface area contributed by atoms with Gasteiger partial charge in [0.05, 0.1) is 17.0 Å². The largest absolute Gasteiger partial charge is 0.481 e. The number of hydrogen-bond acceptors (Lipinski definition) is 6. The Kier molecular flexibility index (Phi) is 4.58. The summed E-state index contributed by atoms with van der Waals surface area (Å²) >= 11 is 0. The SMILES string of the molecule is Cc1ccc2[nH]c(-c3ccc(-c4cnc(O[C@H]5C[C@@H](C(=O)O)C5)nc4)cc3F)nc2n1. The van der Waals surface area contributed by atoms with E-state index in [1.165, 1.54) is 6.07 Å². The molecule has 156 valence electrons. The number of aromatic amines is 1. The highest BCUT2D eigenvalue weighted by molar-refractivity contribution is 5.77. The van der Waals surface area contributed by atoms with Gasteiger partial charge in [-0.25, -0.2) is 24.3 Å². The molecule has 1 aromatic carbocycles. The molecular formula is C22H18FN5O3. The lowest BCUT2D eigenvalue weighted by atomic mass is 9.82. The van der Waals surface area contributed by atoms with Crippen molar-refractivity contribution in [2.24, 2.45) is 5.92 Å². The number of benzene rings is 1. The first-order valence-corrected chi connectivity index (χ1v) is 9.81. The summed E-state index contributed by atoms with van der Waals surface area (Å²) in [6.45, 7) is 1.88. The predicted molar refractivity (Wildman–Crippen MR) is 110 cm³/mol. The van der Waals surface area contributed by atoms with Crippen LogP contribution >= 0.6 is 0 Å². The minimum absolute atomic E-state index is 0.180. The number of pyridine rings is 1. The van der Waals surface area contributed by atoms with Crippen LogP contribution in [-0.4, -0.2) is 42.1 Å². The van der Waals surface area contributed by atoms with Crippen molar-refractivity contribution in [2.45, 2.75) is 25.9 Å². The van der Waals surface area contributed by atoms with Gasteiger partial charge in [0.1, 0.15) is 17.7 Å². The minimum Gasteiger partial charge on any atom is -0.481 e. The number of carboxylic acids is 1. The normalized spacial score (nSPS) is 18.0. The number of carboxylic acid groups (broad SMARTS) is 1. The number of aryl methyl sites for hydroxylation is 1. The highest BCUT2D eigenvalue weighted by Crippen LogP contribution is 2.31. The van der Waals surface area contributed by atoms with Gasteiger partial charge >= 0.3 is 12.0 Å². The van der Waals surface area contributed by atoms with Crippen LogP contribution in [0.25, 0.3) is 33.7 Å². The van der Waals surface area contributed by atoms with Gasteiger partial charge in [-0.2, -0.15) is 0 Å². The van der Waals surface area contributed by atoms with Crippen molar-refractivity contribution in [3.05, 3.63) is 54.2 Å². The Morgan fingerprint density at radius 2 is 1.90 bits per heavy atom. The zero-order valence-electron chi connectivity index (χ0n) is 16.5. The average Bonchev–Trinajstić information content (AvgIpc) is 3.13. The molecule has 0 unspecified atom stereocenters. The fourth-order valence-corrected chi connectivity index (χ4v) is 3.54. The second-order valence-corrected chi connectivity index (χ2v) is 7.60. The predicted octanol–water partition coefficient (Wildman–Crippen LogP) is 3.77. The van der Waals surface area contributed by atoms with E-state index in [-0.39, 0.29) is 18.0 Å². The molecule has 5 rings (SSSR count). The summed E-state index contributed by atoms with van der Waals surface area (Å²) in [4.78, 5) is 31.0. The van der Waals surface area contributed by atoms with Crippen LogP contribution in [0.4, 0.5) is 4.39 Å². The maximum absolute atomic E-state index is 14.8. The van der Waals surface area contributed by atoms with Crippen molar-refractivity contribution in [1.29, 1.82) is 0 Å². The first-order valence-electron chi connectivity index (χ1n) is 9.81. The van der Waals surface area contributed by atoms with E-state index in [0.717, 1.165) is 11.2 Å². The number of hydrogen-bond donors (Lipinski definition) is 2. The molecule has 0 saturated heterocycles. The van der Waals surface area contributed by atoms with Crippen LogP contribution in [0.5, 0.6) is 6.01 Å². The van der Waals surface area contributed by atoms with Crippen LogP contribution in [0.15, 0.2) is 42.7 Å². The summed E-state index contributed by atoms with van der Waals surface area (Å²) in [7, 11) is 0. The molecule has 0 spiro atoms. The molecule has 0 atom stereocenters. The maximum Gasteiger partial charge on any atom is 0.316 e. The third kappa shape index (κ3) is 3.70. The number of fused-ring (bicyclic) bond motifs is 1. The first kappa shape index (κ1) is 19.1. The highest BCUT2D eigenvalue weighted by Gasteiger charge is 2.36. The summed E-state index contributed by atoms with van der Waals surface area (Å²) in [5, 5.41) is 8.92. The number of rotatable bonds is 5. The number of aromatic nitrogens is 5. The molecule has 2 N–H and O–H groups in total. The molecule has 0 aliphatic heterocycles. The first-order chi connectivity index (χ1) is 15.0. The molecule has 1 aliphatic carbocycles. The number of ether oxygens (including phenoxy) is 1. The number of nitrogens with one attached hydrogen (secondary N) is 1. The van der Waals surface area contributed by atoms with Gasteiger partial charge in [0.2, 0.25) is 0 Å². The van der Waals surface area contributed by atoms with E-state index >= 15 is 0 Å². The molecular weight excluding hydrogens is 401 g/mol. The molecule has 3 heterocycles. The van der Waals surface area contributed by atoms with E-state index in [1.54, 1.807) is 24.5 Å². The van der Waals surface area contributed by atoms with E-state index in [4.69, 9.17) is 9.84 Å². The van der Waals surface area contributed by atoms with Gasteiger partial charge in [-0.1, -0.05) is 6.07 Å². The quantitative estimate of drug-likeness (QED) is 0.506. The van der Waals surface area contributed by atoms with Crippen LogP contribution in [0.1, 0.15) is 18.5 Å². The van der Waals surface area contributed by atoms with Gasteiger partial charge in [0, 0.05) is 23.7 Å². The van der Waals surface area contributed by atoms with Crippen molar-refractivity contribution in [1.82, 2.24) is 24.9 Å². The monoisotopic (exact) mass is 419 g/mol. The lowest BCUT2D eigenvalue weighted by molar-refractivity contribution is -0.148. The van der Waals surface area contributed by atoms with Crippen LogP contribution < -0.4 is 4.74 Å². The third-order valence-electron chi connectivity index (χ3n) is 5.39. The topological polar surface area (TPSA) is 114 Å². The zero-order valence-corrected chi connectivity index (χ0v) is 16.5. The standard InChI is InChI=1S/C22H18FN5O3/c1-11-2-5-18-20(26-11)28-19(27-18)16-4-3-12(8-17(16)23)14-9-24-22(25-10-14)31-15-6-13(7-15)21(29)30/h2-5,8-10,13,15H,6-7H2,1H3,(H,29,30)(H,26,27,28)/t13-,15+. The van der Waals surface area contributed by atoms with Crippen molar-refractivity contribution in [3.8, 4) is 28.5 Å². The molecule has 1 saturated carbocycles. The lowest BCUT2D eigenvalue weighted by Crippen LogP contribution is -2.38. The van der Waals surface area contributed by atoms with Crippen LogP contribution in [0, 0.1) is 18.7 Å². The molecule has 31 heavy (non-hydrogen) atoms. The summed E-state index contributed by atoms with van der Waals surface area (Å²) in [5.74, 6) is -1.19. The fourth-order valence-electron chi connectivity index (χ4n) is 3.54. The molecule has 8 nitrogen and oxygen atoms in total. The molecule has 3 aromatic heterocycles. The number of imidazole rings is 1. The van der Waals surface area contributed by atoms with E-state index in [1.807, 2.05) is 19.1 Å². The second kappa shape index (κ2) is 7.42. The number of carbonyl (C=O) groups is 1. The van der Waals surface area contributed by atoms with Gasteiger partial charge in [-0.05, 0) is 49.6 Å². The van der Waals surface area contributed by atoms with Gasteiger partial charge in [-0.3, -0.25) is 4.79 Å². The van der Waals surface area contributed by atoms with E-state index < -0.39 is 11.8 Å². The van der Waals surface area contributed by atoms with Gasteiger partial charge in [-0.15, -0.1) is 0 Å². The molecule has 0 bridgehead atoms. The van der Waals surface area contributed by atoms with Crippen LogP contribution in [0.2, 0.25) is 0 Å². The summed E-state index contributed by atoms with van der Waals surface area (Å²) in [6.07, 6.45) is 3.81. The number of nitrogens with zero attached hydrogens (tertiary/aromatic N) is 4. The summed E-state index contributed by atoms with van der Waals surface area (Å²) in [5.41, 5.74) is 3.73. The summed E-state index contributed by atoms with van der Waals surface area (Å²) in [6, 6.07) is 8.75. The summed E-state index contributed by atoms with van der Waals surface area (Å²) < 4.78 is 20.4. The minimum atomic E-state index is -0.810. The van der Waals surface area contributed by atoms with E-state index in [9.17, 15) is 9.18 Å². The van der Waals surface area contributed by atoms with Crippen molar-refractivity contribution in [2.75, 3.05) is 0 Å². The number of aliphatic carboxylic acids is 1. The Balaban J connectivity index is 1.33. The highest BCUT2D eigenvalue weighted by atomic mass is 19.1. The smallest absolute Gasteiger partial charge is 0.316 e. The fraction of sp³-hybridized carbons (Fsp3) is 0.227. The zero-order chi connectivity index (χ0) is 21.5. The maximum atomic E-state index is 14.8. The van der Waals surface area contributed by atoms with E-state index in [2.05, 4.69) is 24.9 Å². The molecule has 1 aliphatic rings. The molecule has 0 amide bonds. The lowest BCUT2D eigenvalue weighted by Gasteiger charge is -2.31. The van der Waals surface area contributed by atoms with Crippen molar-refractivity contribution >= 4 is 17.1 Å². The Morgan fingerprint density at radius 3 is 2.61 bits per heavy atom. The van der Waals surface area contributed by atoms with Crippen LogP contribution in [0.3, 0.4) is 0 Å². The Morgan fingerprint density at radius 1 is 1.13 bits per heavy atom. The van der Waals surface area contributed by atoms with E-state index in [0.29, 0.717) is 41.0 Å². The van der Waals surface area contributed by atoms with Crippen molar-refractivity contribution in [3.63, 3.8) is 0 Å². The third-order valence-corrected chi connectivity index (χ3v) is 5.39.